The van der Waals surface area contributed by atoms with Crippen molar-refractivity contribution >= 4 is 21.8 Å². The van der Waals surface area contributed by atoms with E-state index in [1.54, 1.807) is 0 Å². The number of rotatable bonds is 5. The Morgan fingerprint density at radius 2 is 2.05 bits per heavy atom. The molecule has 22 heavy (non-hydrogen) atoms. The van der Waals surface area contributed by atoms with Gasteiger partial charge < -0.3 is 15.0 Å². The van der Waals surface area contributed by atoms with Gasteiger partial charge in [0, 0.05) is 23.1 Å². The first-order valence-corrected chi connectivity index (χ1v) is 8.70. The van der Waals surface area contributed by atoms with Crippen LogP contribution in [-0.2, 0) is 0 Å². The number of nitrogens with one attached hydrogen (secondary N) is 1. The topological polar surface area (TPSA) is 41.6 Å². The highest BCUT2D eigenvalue weighted by Gasteiger charge is 2.23. The van der Waals surface area contributed by atoms with E-state index in [1.165, 1.54) is 0 Å². The van der Waals surface area contributed by atoms with Crippen molar-refractivity contribution in [3.8, 4) is 5.75 Å². The van der Waals surface area contributed by atoms with E-state index >= 15 is 0 Å². The molecule has 1 heterocycles. The summed E-state index contributed by atoms with van der Waals surface area (Å²) in [6, 6.07) is 5.61. The Labute approximate surface area is 141 Å². The average molecular weight is 369 g/mol. The van der Waals surface area contributed by atoms with Crippen molar-refractivity contribution in [3.63, 3.8) is 0 Å². The Balaban J connectivity index is 2.05. The smallest absolute Gasteiger partial charge is 0.254 e. The first-order chi connectivity index (χ1) is 10.5. The minimum absolute atomic E-state index is 0.0922. The van der Waals surface area contributed by atoms with Crippen LogP contribution in [0.5, 0.6) is 5.75 Å². The molecule has 5 heteroatoms. The lowest BCUT2D eigenvalue weighted by Gasteiger charge is -2.32. The summed E-state index contributed by atoms with van der Waals surface area (Å²) < 4.78 is 6.59. The lowest BCUT2D eigenvalue weighted by molar-refractivity contribution is 0.0690. The number of likely N-dealkylation sites (tertiary alicyclic amines) is 1. The van der Waals surface area contributed by atoms with Gasteiger partial charge in [-0.05, 0) is 64.4 Å². The molecule has 122 valence electrons. The van der Waals surface area contributed by atoms with Crippen LogP contribution in [0.1, 0.15) is 37.0 Å². The van der Waals surface area contributed by atoms with Gasteiger partial charge in [-0.25, -0.2) is 0 Å². The molecule has 0 bridgehead atoms. The Kier molecular flexibility index (Phi) is 6.26. The summed E-state index contributed by atoms with van der Waals surface area (Å²) in [6.45, 7) is 6.66. The fraction of sp³-hybridized carbons (Fsp3) is 0.588. The molecular formula is C17H25BrN2O2. The number of carbonyl (C=O) groups is 1. The number of amides is 1. The Bertz CT molecular complexity index is 511. The fourth-order valence-corrected chi connectivity index (χ4v) is 3.31. The standard InChI is InChI=1S/C17H25BrN2O2/c1-12(2)22-16-9-14(8-15(18)10-16)17(21)20-6-4-13(5-7-20)11-19-3/h8-10,12-13,19H,4-7,11H2,1-3H3. The van der Waals surface area contributed by atoms with Crippen LogP contribution in [0, 0.1) is 5.92 Å². The van der Waals surface area contributed by atoms with Crippen molar-refractivity contribution in [2.75, 3.05) is 26.7 Å². The molecule has 0 atom stereocenters. The minimum atomic E-state index is 0.0922. The second-order valence-electron chi connectivity index (χ2n) is 6.14. The molecule has 2 rings (SSSR count). The zero-order valence-corrected chi connectivity index (χ0v) is 15.1. The number of hydrogen-bond donors (Lipinski definition) is 1. The third-order valence-electron chi connectivity index (χ3n) is 3.88. The van der Waals surface area contributed by atoms with Gasteiger partial charge >= 0.3 is 0 Å². The number of hydrogen-bond acceptors (Lipinski definition) is 3. The van der Waals surface area contributed by atoms with Gasteiger partial charge in [0.05, 0.1) is 6.10 Å². The molecule has 0 saturated carbocycles. The van der Waals surface area contributed by atoms with Crippen molar-refractivity contribution in [1.29, 1.82) is 0 Å². The minimum Gasteiger partial charge on any atom is -0.491 e. The zero-order valence-electron chi connectivity index (χ0n) is 13.6. The molecule has 1 amide bonds. The van der Waals surface area contributed by atoms with E-state index in [4.69, 9.17) is 4.74 Å². The second kappa shape index (κ2) is 7.97. The third kappa shape index (κ3) is 4.71. The SMILES string of the molecule is CNCC1CCN(C(=O)c2cc(Br)cc(OC(C)C)c2)CC1. The quantitative estimate of drug-likeness (QED) is 0.866. The molecule has 1 N–H and O–H groups in total. The van der Waals surface area contributed by atoms with E-state index in [-0.39, 0.29) is 12.0 Å². The van der Waals surface area contributed by atoms with E-state index in [9.17, 15) is 4.79 Å². The summed E-state index contributed by atoms with van der Waals surface area (Å²) in [5.74, 6) is 1.51. The van der Waals surface area contributed by atoms with Gasteiger partial charge in [0.25, 0.3) is 5.91 Å². The van der Waals surface area contributed by atoms with Crippen molar-refractivity contribution < 1.29 is 9.53 Å². The number of piperidine rings is 1. The summed E-state index contributed by atoms with van der Waals surface area (Å²) in [5, 5.41) is 3.22. The largest absolute Gasteiger partial charge is 0.491 e. The maximum Gasteiger partial charge on any atom is 0.254 e. The summed E-state index contributed by atoms with van der Waals surface area (Å²) in [5.41, 5.74) is 0.692. The summed E-state index contributed by atoms with van der Waals surface area (Å²) in [6.07, 6.45) is 2.22. The predicted octanol–water partition coefficient (Wildman–Crippen LogP) is 3.31. The highest BCUT2D eigenvalue weighted by Crippen LogP contribution is 2.25. The van der Waals surface area contributed by atoms with Crippen LogP contribution in [-0.4, -0.2) is 43.6 Å². The summed E-state index contributed by atoms with van der Waals surface area (Å²) in [4.78, 5) is 14.6. The maximum absolute atomic E-state index is 12.7. The lowest BCUT2D eigenvalue weighted by atomic mass is 9.96. The van der Waals surface area contributed by atoms with Crippen molar-refractivity contribution in [3.05, 3.63) is 28.2 Å². The highest BCUT2D eigenvalue weighted by molar-refractivity contribution is 9.10. The van der Waals surface area contributed by atoms with Crippen LogP contribution in [0.4, 0.5) is 0 Å². The maximum atomic E-state index is 12.7. The van der Waals surface area contributed by atoms with Gasteiger partial charge in [-0.2, -0.15) is 0 Å². The van der Waals surface area contributed by atoms with E-state index in [0.717, 1.165) is 42.7 Å². The van der Waals surface area contributed by atoms with Crippen molar-refractivity contribution in [1.82, 2.24) is 10.2 Å². The second-order valence-corrected chi connectivity index (χ2v) is 7.05. The number of benzene rings is 1. The van der Waals surface area contributed by atoms with E-state index < -0.39 is 0 Å². The van der Waals surface area contributed by atoms with Gasteiger partial charge in [-0.1, -0.05) is 15.9 Å². The number of nitrogens with zero attached hydrogens (tertiary/aromatic N) is 1. The number of halogens is 1. The fourth-order valence-electron chi connectivity index (χ4n) is 2.84. The van der Waals surface area contributed by atoms with Crippen LogP contribution in [0.3, 0.4) is 0 Å². The molecule has 0 aliphatic carbocycles. The van der Waals surface area contributed by atoms with Crippen LogP contribution >= 0.6 is 15.9 Å². The zero-order chi connectivity index (χ0) is 16.1. The molecule has 1 aromatic carbocycles. The molecule has 1 aromatic rings. The molecule has 0 aromatic heterocycles. The van der Waals surface area contributed by atoms with Crippen LogP contribution in [0.2, 0.25) is 0 Å². The van der Waals surface area contributed by atoms with Crippen LogP contribution in [0.25, 0.3) is 0 Å². The Hall–Kier alpha value is -1.07. The van der Waals surface area contributed by atoms with Gasteiger partial charge in [-0.15, -0.1) is 0 Å². The van der Waals surface area contributed by atoms with Crippen molar-refractivity contribution in [2.45, 2.75) is 32.8 Å². The predicted molar refractivity (Wildman–Crippen MR) is 92.5 cm³/mol. The van der Waals surface area contributed by atoms with Gasteiger partial charge in [0.2, 0.25) is 0 Å². The van der Waals surface area contributed by atoms with Gasteiger partial charge in [-0.3, -0.25) is 4.79 Å². The van der Waals surface area contributed by atoms with Crippen molar-refractivity contribution in [2.24, 2.45) is 5.92 Å². The Morgan fingerprint density at radius 3 is 2.64 bits per heavy atom. The molecular weight excluding hydrogens is 344 g/mol. The molecule has 1 aliphatic rings. The molecule has 1 aliphatic heterocycles. The normalized spacial score (nSPS) is 16.1. The van der Waals surface area contributed by atoms with Crippen LogP contribution in [0.15, 0.2) is 22.7 Å². The highest BCUT2D eigenvalue weighted by atomic mass is 79.9. The Morgan fingerprint density at radius 1 is 1.36 bits per heavy atom. The van der Waals surface area contributed by atoms with Gasteiger partial charge in [0.15, 0.2) is 0 Å². The van der Waals surface area contributed by atoms with E-state index in [2.05, 4.69) is 21.2 Å². The average Bonchev–Trinajstić information content (AvgIpc) is 2.46. The molecule has 0 spiro atoms. The summed E-state index contributed by atoms with van der Waals surface area (Å²) in [7, 11) is 1.98. The first kappa shape index (κ1) is 17.3. The molecule has 1 fully saturated rings. The third-order valence-corrected chi connectivity index (χ3v) is 4.34. The van der Waals surface area contributed by atoms with E-state index in [0.29, 0.717) is 11.5 Å². The number of ether oxygens (including phenoxy) is 1. The summed E-state index contributed by atoms with van der Waals surface area (Å²) >= 11 is 3.47. The molecule has 4 nitrogen and oxygen atoms in total. The first-order valence-electron chi connectivity index (χ1n) is 7.90. The van der Waals surface area contributed by atoms with Crippen LogP contribution < -0.4 is 10.1 Å². The lowest BCUT2D eigenvalue weighted by Crippen LogP contribution is -2.40. The monoisotopic (exact) mass is 368 g/mol. The molecule has 1 saturated heterocycles. The van der Waals surface area contributed by atoms with E-state index in [1.807, 2.05) is 44.0 Å². The number of carbonyl (C=O) groups excluding carboxylic acids is 1. The molecule has 0 radical (unpaired) electrons. The molecule has 0 unspecified atom stereocenters. The van der Waals surface area contributed by atoms with Gasteiger partial charge in [0.1, 0.15) is 5.75 Å².